The summed E-state index contributed by atoms with van der Waals surface area (Å²) in [6, 6.07) is 10.4. The van der Waals surface area contributed by atoms with Gasteiger partial charge < -0.3 is 0 Å². The molecule has 0 N–H and O–H groups in total. The molecular formula is C16H13N5O2. The minimum atomic E-state index is -0.258. The van der Waals surface area contributed by atoms with E-state index >= 15 is 0 Å². The highest BCUT2D eigenvalue weighted by Crippen LogP contribution is 2.04. The van der Waals surface area contributed by atoms with E-state index < -0.39 is 0 Å². The highest BCUT2D eigenvalue weighted by atomic mass is 16.2. The fourth-order valence-corrected chi connectivity index (χ4v) is 2.56. The molecule has 0 spiro atoms. The van der Waals surface area contributed by atoms with Gasteiger partial charge in [-0.15, -0.1) is 5.10 Å². The second-order valence-corrected chi connectivity index (χ2v) is 5.39. The van der Waals surface area contributed by atoms with Crippen LogP contribution in [0.5, 0.6) is 0 Å². The van der Waals surface area contributed by atoms with E-state index in [1.807, 2.05) is 25.1 Å². The van der Waals surface area contributed by atoms with Crippen LogP contribution in [0.4, 0.5) is 0 Å². The maximum atomic E-state index is 12.3. The Hall–Kier alpha value is -3.22. The highest BCUT2D eigenvalue weighted by molar-refractivity contribution is 5.41. The number of rotatable bonds is 2. The molecule has 0 bridgehead atoms. The fraction of sp³-hybridized carbons (Fsp3) is 0.125. The average Bonchev–Trinajstić information content (AvgIpc) is 2.83. The maximum Gasteiger partial charge on any atom is 0.350 e. The first-order chi connectivity index (χ1) is 11.1. The number of nitrogens with zero attached hydrogens (tertiary/aromatic N) is 5. The third-order valence-electron chi connectivity index (χ3n) is 3.68. The van der Waals surface area contributed by atoms with Crippen LogP contribution < -0.4 is 11.2 Å². The minimum Gasteiger partial charge on any atom is -0.269 e. The summed E-state index contributed by atoms with van der Waals surface area (Å²) in [6.07, 6.45) is 3.36. The second kappa shape index (κ2) is 4.91. The Labute approximate surface area is 130 Å². The number of pyridine rings is 2. The van der Waals surface area contributed by atoms with Crippen LogP contribution in [-0.4, -0.2) is 23.6 Å². The van der Waals surface area contributed by atoms with Crippen molar-refractivity contribution in [3.05, 3.63) is 80.9 Å². The van der Waals surface area contributed by atoms with Gasteiger partial charge in [-0.05, 0) is 36.8 Å². The van der Waals surface area contributed by atoms with Crippen molar-refractivity contribution in [2.24, 2.45) is 0 Å². The molecule has 0 radical (unpaired) electrons. The summed E-state index contributed by atoms with van der Waals surface area (Å²) in [6.45, 7) is 2.09. The zero-order chi connectivity index (χ0) is 16.0. The highest BCUT2D eigenvalue weighted by Gasteiger charge is 2.09. The van der Waals surface area contributed by atoms with Crippen LogP contribution in [0.2, 0.25) is 0 Å². The van der Waals surface area contributed by atoms with Gasteiger partial charge in [0.05, 0.1) is 12.2 Å². The van der Waals surface area contributed by atoms with Crippen molar-refractivity contribution in [3.63, 3.8) is 0 Å². The van der Waals surface area contributed by atoms with Crippen molar-refractivity contribution in [2.45, 2.75) is 13.5 Å². The van der Waals surface area contributed by atoms with Gasteiger partial charge >= 0.3 is 5.69 Å². The van der Waals surface area contributed by atoms with Crippen molar-refractivity contribution in [3.8, 4) is 0 Å². The Morgan fingerprint density at radius 1 is 1.00 bits per heavy atom. The van der Waals surface area contributed by atoms with Crippen molar-refractivity contribution in [2.75, 3.05) is 0 Å². The van der Waals surface area contributed by atoms with Crippen molar-refractivity contribution >= 4 is 11.3 Å². The number of hydrogen-bond acceptors (Lipinski definition) is 4. The molecule has 4 rings (SSSR count). The quantitative estimate of drug-likeness (QED) is 0.550. The van der Waals surface area contributed by atoms with Crippen molar-refractivity contribution in [1.29, 1.82) is 0 Å². The van der Waals surface area contributed by atoms with Crippen LogP contribution in [0.15, 0.2) is 58.4 Å². The summed E-state index contributed by atoms with van der Waals surface area (Å²) < 4.78 is 4.24. The lowest BCUT2D eigenvalue weighted by Crippen LogP contribution is -2.24. The molecule has 4 aromatic rings. The van der Waals surface area contributed by atoms with E-state index in [0.29, 0.717) is 17.0 Å². The minimum absolute atomic E-state index is 0.153. The molecule has 114 valence electrons. The first-order valence-corrected chi connectivity index (χ1v) is 7.15. The third kappa shape index (κ3) is 2.22. The lowest BCUT2D eigenvalue weighted by Gasteiger charge is -2.04. The summed E-state index contributed by atoms with van der Waals surface area (Å²) in [5, 5.41) is 4.25. The third-order valence-corrected chi connectivity index (χ3v) is 3.68. The molecule has 0 saturated carbocycles. The summed E-state index contributed by atoms with van der Waals surface area (Å²) in [7, 11) is 0. The van der Waals surface area contributed by atoms with Crippen LogP contribution in [0.1, 0.15) is 11.3 Å². The number of hydrogen-bond donors (Lipinski definition) is 0. The molecule has 23 heavy (non-hydrogen) atoms. The van der Waals surface area contributed by atoms with Crippen LogP contribution in [0.25, 0.3) is 11.3 Å². The summed E-state index contributed by atoms with van der Waals surface area (Å²) in [4.78, 5) is 28.9. The maximum absolute atomic E-state index is 12.3. The van der Waals surface area contributed by atoms with Gasteiger partial charge in [-0.2, -0.15) is 0 Å². The summed E-state index contributed by atoms with van der Waals surface area (Å²) in [5.41, 5.74) is 2.20. The average molecular weight is 307 g/mol. The fourth-order valence-electron chi connectivity index (χ4n) is 2.56. The zero-order valence-electron chi connectivity index (χ0n) is 12.4. The van der Waals surface area contributed by atoms with Crippen molar-refractivity contribution in [1.82, 2.24) is 23.6 Å². The molecule has 0 atom stereocenters. The first-order valence-electron chi connectivity index (χ1n) is 7.15. The normalized spacial score (nSPS) is 11.3. The van der Waals surface area contributed by atoms with E-state index in [1.54, 1.807) is 24.5 Å². The van der Waals surface area contributed by atoms with E-state index in [1.165, 1.54) is 19.5 Å². The van der Waals surface area contributed by atoms with Crippen molar-refractivity contribution < 1.29 is 0 Å². The molecular weight excluding hydrogens is 294 g/mol. The predicted molar refractivity (Wildman–Crippen MR) is 84.8 cm³/mol. The first kappa shape index (κ1) is 13.4. The van der Waals surface area contributed by atoms with E-state index in [-0.39, 0.29) is 17.8 Å². The topological polar surface area (TPSA) is 73.7 Å². The zero-order valence-corrected chi connectivity index (χ0v) is 12.4. The summed E-state index contributed by atoms with van der Waals surface area (Å²) >= 11 is 0. The Morgan fingerprint density at radius 2 is 1.87 bits per heavy atom. The lowest BCUT2D eigenvalue weighted by molar-refractivity contribution is 0.645. The smallest absolute Gasteiger partial charge is 0.269 e. The second-order valence-electron chi connectivity index (χ2n) is 5.39. The SMILES string of the molecule is Cc1ccn2c(=O)cc(Cn3nc4ccccn4c3=O)nc2c1. The van der Waals surface area contributed by atoms with Gasteiger partial charge in [0.2, 0.25) is 0 Å². The molecule has 4 heterocycles. The number of fused-ring (bicyclic) bond motifs is 2. The lowest BCUT2D eigenvalue weighted by atomic mass is 10.3. The molecule has 0 saturated heterocycles. The Kier molecular flexibility index (Phi) is 2.87. The van der Waals surface area contributed by atoms with Crippen LogP contribution >= 0.6 is 0 Å². The van der Waals surface area contributed by atoms with E-state index in [9.17, 15) is 9.59 Å². The molecule has 7 nitrogen and oxygen atoms in total. The molecule has 0 amide bonds. The van der Waals surface area contributed by atoms with Gasteiger partial charge in [-0.3, -0.25) is 13.6 Å². The molecule has 0 aliphatic carbocycles. The van der Waals surface area contributed by atoms with Crippen LogP contribution in [0, 0.1) is 6.92 Å². The van der Waals surface area contributed by atoms with Gasteiger partial charge in [0, 0.05) is 18.5 Å². The number of aryl methyl sites for hydroxylation is 1. The largest absolute Gasteiger partial charge is 0.350 e. The van der Waals surface area contributed by atoms with E-state index in [2.05, 4.69) is 10.1 Å². The standard InChI is InChI=1S/C16H13N5O2/c1-11-5-7-19-14(8-11)17-12(9-15(19)22)10-21-16(23)20-6-3-2-4-13(20)18-21/h2-9H,10H2,1H3. The van der Waals surface area contributed by atoms with Gasteiger partial charge in [-0.25, -0.2) is 14.5 Å². The molecule has 0 unspecified atom stereocenters. The number of aromatic nitrogens is 5. The van der Waals surface area contributed by atoms with Gasteiger partial charge in [0.1, 0.15) is 5.65 Å². The summed E-state index contributed by atoms with van der Waals surface area (Å²) in [5.74, 6) is 0. The molecule has 4 aromatic heterocycles. The Morgan fingerprint density at radius 3 is 2.70 bits per heavy atom. The van der Waals surface area contributed by atoms with Gasteiger partial charge in [0.25, 0.3) is 5.56 Å². The molecule has 0 aliphatic heterocycles. The van der Waals surface area contributed by atoms with E-state index in [0.717, 1.165) is 5.56 Å². The molecule has 7 heteroatoms. The molecule has 0 fully saturated rings. The Balaban J connectivity index is 1.84. The monoisotopic (exact) mass is 307 g/mol. The molecule has 0 aliphatic rings. The predicted octanol–water partition coefficient (Wildman–Crippen LogP) is 0.861. The van der Waals surface area contributed by atoms with Crippen LogP contribution in [0.3, 0.4) is 0 Å². The van der Waals surface area contributed by atoms with Gasteiger partial charge in [0.15, 0.2) is 5.65 Å². The van der Waals surface area contributed by atoms with E-state index in [4.69, 9.17) is 0 Å². The molecule has 0 aromatic carbocycles. The Bertz CT molecular complexity index is 1150. The van der Waals surface area contributed by atoms with Gasteiger partial charge in [-0.1, -0.05) is 6.07 Å². The van der Waals surface area contributed by atoms with Crippen LogP contribution in [-0.2, 0) is 6.54 Å².